The molecule has 1 N–H and O–H groups in total. The van der Waals surface area contributed by atoms with E-state index in [-0.39, 0.29) is 11.6 Å². The molecule has 6 heteroatoms. The van der Waals surface area contributed by atoms with E-state index in [9.17, 15) is 14.9 Å². The van der Waals surface area contributed by atoms with Gasteiger partial charge in [0, 0.05) is 41.4 Å². The normalized spacial score (nSPS) is 15.0. The number of nitrogens with zero attached hydrogens (tertiary/aromatic N) is 2. The lowest BCUT2D eigenvalue weighted by molar-refractivity contribution is -0.384. The van der Waals surface area contributed by atoms with Crippen molar-refractivity contribution < 1.29 is 9.72 Å². The number of nitro groups is 1. The first-order chi connectivity index (χ1) is 9.65. The van der Waals surface area contributed by atoms with Crippen LogP contribution in [0.4, 0.5) is 11.4 Å². The molecule has 20 heavy (non-hydrogen) atoms. The van der Waals surface area contributed by atoms with Gasteiger partial charge in [-0.2, -0.15) is 0 Å². The van der Waals surface area contributed by atoms with Crippen LogP contribution in [0, 0.1) is 10.1 Å². The lowest BCUT2D eigenvalue weighted by Gasteiger charge is -1.99. The topological polar surface area (TPSA) is 85.1 Å². The molecule has 1 aromatic heterocycles. The van der Waals surface area contributed by atoms with Crippen molar-refractivity contribution in [3.63, 3.8) is 0 Å². The highest BCUT2D eigenvalue weighted by Gasteiger charge is 2.26. The monoisotopic (exact) mass is 267 g/mol. The molecule has 6 nitrogen and oxygen atoms in total. The zero-order valence-corrected chi connectivity index (χ0v) is 10.2. The van der Waals surface area contributed by atoms with Crippen LogP contribution in [0.3, 0.4) is 0 Å². The van der Waals surface area contributed by atoms with Crippen LogP contribution in [0.15, 0.2) is 42.7 Å². The molecular weight excluding hydrogens is 258 g/mol. The Labute approximate surface area is 113 Å². The number of rotatable bonds is 2. The van der Waals surface area contributed by atoms with Gasteiger partial charge >= 0.3 is 0 Å². The van der Waals surface area contributed by atoms with E-state index in [4.69, 9.17) is 0 Å². The fourth-order valence-corrected chi connectivity index (χ4v) is 2.06. The summed E-state index contributed by atoms with van der Waals surface area (Å²) in [5.74, 6) is -0.274. The summed E-state index contributed by atoms with van der Waals surface area (Å²) < 4.78 is 0. The minimum atomic E-state index is -0.481. The molecule has 2 heterocycles. The maximum atomic E-state index is 11.9. The minimum absolute atomic E-state index is 0.0441. The third kappa shape index (κ3) is 2.03. The fraction of sp³-hybridized carbons (Fsp3) is 0. The Balaban J connectivity index is 2.11. The van der Waals surface area contributed by atoms with Gasteiger partial charge in [-0.25, -0.2) is 0 Å². The molecule has 0 atom stereocenters. The molecule has 0 unspecified atom stereocenters. The van der Waals surface area contributed by atoms with Crippen molar-refractivity contribution in [2.24, 2.45) is 0 Å². The Kier molecular flexibility index (Phi) is 2.76. The highest BCUT2D eigenvalue weighted by molar-refractivity contribution is 6.35. The number of carbonyl (C=O) groups is 1. The van der Waals surface area contributed by atoms with E-state index in [1.165, 1.54) is 18.2 Å². The van der Waals surface area contributed by atoms with Gasteiger partial charge in [0.1, 0.15) is 0 Å². The Morgan fingerprint density at radius 1 is 1.30 bits per heavy atom. The summed E-state index contributed by atoms with van der Waals surface area (Å²) >= 11 is 0. The zero-order valence-electron chi connectivity index (χ0n) is 10.2. The predicted octanol–water partition coefficient (Wildman–Crippen LogP) is 2.48. The van der Waals surface area contributed by atoms with E-state index < -0.39 is 4.92 Å². The van der Waals surface area contributed by atoms with Crippen molar-refractivity contribution in [1.29, 1.82) is 0 Å². The number of nitrogens with one attached hydrogen (secondary N) is 1. The molecule has 3 rings (SSSR count). The van der Waals surface area contributed by atoms with Crippen LogP contribution < -0.4 is 5.32 Å². The number of carbonyl (C=O) groups excluding carboxylic acids is 1. The summed E-state index contributed by atoms with van der Waals surface area (Å²) in [5.41, 5.74) is 2.23. The van der Waals surface area contributed by atoms with E-state index in [2.05, 4.69) is 10.3 Å². The number of hydrogen-bond donors (Lipinski definition) is 1. The summed E-state index contributed by atoms with van der Waals surface area (Å²) in [7, 11) is 0. The standard InChI is InChI=1S/C14H9N3O3/c18-14-12(6-9-2-1-5-15-8-9)11-7-10(17(19)20)3-4-13(11)16-14/h1-8H,(H,16,18)/b12-6+. The smallest absolute Gasteiger partial charge is 0.270 e. The lowest BCUT2D eigenvalue weighted by Crippen LogP contribution is -2.03. The molecule has 0 fully saturated rings. The van der Waals surface area contributed by atoms with Crippen molar-refractivity contribution in [2.45, 2.75) is 0 Å². The average Bonchev–Trinajstić information content (AvgIpc) is 2.75. The second-order valence-electron chi connectivity index (χ2n) is 4.29. The van der Waals surface area contributed by atoms with E-state index in [0.717, 1.165) is 5.56 Å². The molecule has 0 saturated carbocycles. The summed E-state index contributed by atoms with van der Waals surface area (Å²) in [6, 6.07) is 7.87. The predicted molar refractivity (Wildman–Crippen MR) is 73.8 cm³/mol. The van der Waals surface area contributed by atoms with Crippen LogP contribution in [-0.2, 0) is 4.79 Å². The van der Waals surface area contributed by atoms with Crippen molar-refractivity contribution >= 4 is 28.9 Å². The fourth-order valence-electron chi connectivity index (χ4n) is 2.06. The molecule has 0 saturated heterocycles. The van der Waals surface area contributed by atoms with E-state index in [1.807, 2.05) is 6.07 Å². The Hall–Kier alpha value is -3.02. The minimum Gasteiger partial charge on any atom is -0.321 e. The number of amides is 1. The summed E-state index contributed by atoms with van der Waals surface area (Å²) in [6.45, 7) is 0. The molecule has 1 aliphatic heterocycles. The van der Waals surface area contributed by atoms with Gasteiger partial charge in [-0.3, -0.25) is 19.9 Å². The first-order valence-corrected chi connectivity index (χ1v) is 5.87. The molecule has 0 aliphatic carbocycles. The zero-order chi connectivity index (χ0) is 14.1. The summed E-state index contributed by atoms with van der Waals surface area (Å²) in [5, 5.41) is 13.5. The highest BCUT2D eigenvalue weighted by Crippen LogP contribution is 2.35. The van der Waals surface area contributed by atoms with Crippen molar-refractivity contribution in [2.75, 3.05) is 5.32 Å². The number of pyridine rings is 1. The Bertz CT molecular complexity index is 739. The Morgan fingerprint density at radius 2 is 2.15 bits per heavy atom. The van der Waals surface area contributed by atoms with E-state index >= 15 is 0 Å². The summed E-state index contributed by atoms with van der Waals surface area (Å²) in [6.07, 6.45) is 4.92. The van der Waals surface area contributed by atoms with Gasteiger partial charge < -0.3 is 5.32 Å². The van der Waals surface area contributed by atoms with E-state index in [0.29, 0.717) is 16.8 Å². The highest BCUT2D eigenvalue weighted by atomic mass is 16.6. The molecule has 0 radical (unpaired) electrons. The maximum absolute atomic E-state index is 11.9. The number of non-ortho nitro benzene ring substituents is 1. The van der Waals surface area contributed by atoms with Crippen LogP contribution in [-0.4, -0.2) is 15.8 Å². The SMILES string of the molecule is O=C1Nc2ccc([N+](=O)[O-])cc2/C1=C\c1cccnc1. The first-order valence-electron chi connectivity index (χ1n) is 5.87. The maximum Gasteiger partial charge on any atom is 0.270 e. The number of anilines is 1. The van der Waals surface area contributed by atoms with Crippen molar-refractivity contribution in [1.82, 2.24) is 4.98 Å². The average molecular weight is 267 g/mol. The van der Waals surface area contributed by atoms with Crippen LogP contribution in [0.25, 0.3) is 11.6 Å². The summed E-state index contributed by atoms with van der Waals surface area (Å²) in [4.78, 5) is 26.3. The van der Waals surface area contributed by atoms with Gasteiger partial charge in [-0.05, 0) is 23.8 Å². The quantitative estimate of drug-likeness (QED) is 0.514. The number of hydrogen-bond acceptors (Lipinski definition) is 4. The van der Waals surface area contributed by atoms with Crippen LogP contribution in [0.5, 0.6) is 0 Å². The van der Waals surface area contributed by atoms with Gasteiger partial charge in [0.05, 0.1) is 4.92 Å². The first kappa shape index (κ1) is 12.0. The second kappa shape index (κ2) is 4.58. The molecule has 0 bridgehead atoms. The number of nitro benzene ring substituents is 1. The molecule has 1 aliphatic rings. The third-order valence-electron chi connectivity index (χ3n) is 2.99. The number of benzene rings is 1. The van der Waals surface area contributed by atoms with Gasteiger partial charge in [0.25, 0.3) is 11.6 Å². The van der Waals surface area contributed by atoms with Gasteiger partial charge in [0.15, 0.2) is 0 Å². The number of aromatic nitrogens is 1. The van der Waals surface area contributed by atoms with Crippen molar-refractivity contribution in [3.8, 4) is 0 Å². The largest absolute Gasteiger partial charge is 0.321 e. The third-order valence-corrected chi connectivity index (χ3v) is 2.99. The van der Waals surface area contributed by atoms with E-state index in [1.54, 1.807) is 24.5 Å². The van der Waals surface area contributed by atoms with Gasteiger partial charge in [-0.15, -0.1) is 0 Å². The molecule has 0 spiro atoms. The Morgan fingerprint density at radius 3 is 2.85 bits per heavy atom. The molecular formula is C14H9N3O3. The number of fused-ring (bicyclic) bond motifs is 1. The molecule has 98 valence electrons. The van der Waals surface area contributed by atoms with Gasteiger partial charge in [0.2, 0.25) is 0 Å². The second-order valence-corrected chi connectivity index (χ2v) is 4.29. The van der Waals surface area contributed by atoms with Crippen molar-refractivity contribution in [3.05, 3.63) is 64.0 Å². The van der Waals surface area contributed by atoms with Gasteiger partial charge in [-0.1, -0.05) is 6.07 Å². The molecule has 2 aromatic rings. The molecule has 1 aromatic carbocycles. The van der Waals surface area contributed by atoms with Crippen LogP contribution in [0.1, 0.15) is 11.1 Å². The lowest BCUT2D eigenvalue weighted by atomic mass is 10.0. The van der Waals surface area contributed by atoms with Crippen LogP contribution >= 0.6 is 0 Å². The van der Waals surface area contributed by atoms with Crippen LogP contribution in [0.2, 0.25) is 0 Å². The molecule has 1 amide bonds.